The number of rotatable bonds is 0. The van der Waals surface area contributed by atoms with Crippen LogP contribution in [0, 0.1) is 0 Å². The molecule has 2 rings (SSSR count). The number of H-pyrrole nitrogens is 1. The SMILES string of the molecule is CC1(O)C=Cc2cc[nH]c2C=C1. The molecule has 62 valence electrons. The molecule has 0 radical (unpaired) electrons. The molecule has 0 spiro atoms. The van der Waals surface area contributed by atoms with Gasteiger partial charge in [-0.25, -0.2) is 0 Å². The first kappa shape index (κ1) is 7.37. The third-order valence-corrected chi connectivity index (χ3v) is 2.00. The van der Waals surface area contributed by atoms with Crippen molar-refractivity contribution in [3.05, 3.63) is 35.7 Å². The lowest BCUT2D eigenvalue weighted by atomic mass is 10.1. The van der Waals surface area contributed by atoms with Gasteiger partial charge in [0.15, 0.2) is 0 Å². The maximum atomic E-state index is 9.66. The fourth-order valence-corrected chi connectivity index (χ4v) is 1.25. The van der Waals surface area contributed by atoms with E-state index in [-0.39, 0.29) is 0 Å². The molecule has 1 heterocycles. The van der Waals surface area contributed by atoms with E-state index in [1.54, 1.807) is 19.1 Å². The van der Waals surface area contributed by atoms with E-state index in [2.05, 4.69) is 4.98 Å². The van der Waals surface area contributed by atoms with Crippen molar-refractivity contribution in [1.29, 1.82) is 0 Å². The molecule has 0 amide bonds. The smallest absolute Gasteiger partial charge is 0.0987 e. The summed E-state index contributed by atoms with van der Waals surface area (Å²) in [5.74, 6) is 0. The van der Waals surface area contributed by atoms with E-state index in [0.717, 1.165) is 11.3 Å². The highest BCUT2D eigenvalue weighted by atomic mass is 16.3. The molecule has 2 N–H and O–H groups in total. The predicted molar refractivity (Wildman–Crippen MR) is 49.5 cm³/mol. The summed E-state index contributed by atoms with van der Waals surface area (Å²) in [6, 6.07) is 1.98. The van der Waals surface area contributed by atoms with Gasteiger partial charge in [0, 0.05) is 11.9 Å². The number of hydrogen-bond donors (Lipinski definition) is 2. The minimum atomic E-state index is -0.820. The molecule has 2 heteroatoms. The van der Waals surface area contributed by atoms with Crippen molar-refractivity contribution in [3.8, 4) is 0 Å². The van der Waals surface area contributed by atoms with E-state index in [1.165, 1.54) is 0 Å². The number of fused-ring (bicyclic) bond motifs is 1. The third kappa shape index (κ3) is 1.21. The molecule has 0 saturated carbocycles. The van der Waals surface area contributed by atoms with E-state index >= 15 is 0 Å². The molecular weight excluding hydrogens is 150 g/mol. The van der Waals surface area contributed by atoms with Crippen molar-refractivity contribution >= 4 is 12.2 Å². The second-order valence-corrected chi connectivity index (χ2v) is 3.24. The van der Waals surface area contributed by atoms with E-state index < -0.39 is 5.60 Å². The highest BCUT2D eigenvalue weighted by Crippen LogP contribution is 2.20. The molecule has 0 aromatic carbocycles. The Hall–Kier alpha value is -1.28. The number of aromatic nitrogens is 1. The first-order valence-electron chi connectivity index (χ1n) is 3.96. The largest absolute Gasteiger partial charge is 0.382 e. The number of hydrogen-bond acceptors (Lipinski definition) is 1. The van der Waals surface area contributed by atoms with Crippen LogP contribution in [0.3, 0.4) is 0 Å². The highest BCUT2D eigenvalue weighted by molar-refractivity contribution is 5.66. The normalized spacial score (nSPS) is 26.8. The van der Waals surface area contributed by atoms with Crippen LogP contribution >= 0.6 is 0 Å². The Morgan fingerprint density at radius 2 is 2.08 bits per heavy atom. The first-order chi connectivity index (χ1) is 5.67. The van der Waals surface area contributed by atoms with E-state index in [1.807, 2.05) is 24.4 Å². The molecular formula is C10H11NO. The number of aliphatic hydroxyl groups is 1. The Bertz CT molecular complexity index is 314. The zero-order chi connectivity index (χ0) is 8.60. The number of nitrogens with one attached hydrogen (secondary N) is 1. The Morgan fingerprint density at radius 3 is 2.92 bits per heavy atom. The van der Waals surface area contributed by atoms with Crippen LogP contribution in [0.1, 0.15) is 18.2 Å². The average Bonchev–Trinajstić information content (AvgIpc) is 2.40. The molecule has 2 nitrogen and oxygen atoms in total. The lowest BCUT2D eigenvalue weighted by Gasteiger charge is -2.10. The molecule has 1 unspecified atom stereocenters. The van der Waals surface area contributed by atoms with E-state index in [9.17, 15) is 5.11 Å². The summed E-state index contributed by atoms with van der Waals surface area (Å²) in [5, 5.41) is 9.66. The Balaban J connectivity index is 2.49. The number of aromatic amines is 1. The molecule has 12 heavy (non-hydrogen) atoms. The molecule has 1 aliphatic rings. The van der Waals surface area contributed by atoms with Gasteiger partial charge in [-0.3, -0.25) is 0 Å². The van der Waals surface area contributed by atoms with Crippen LogP contribution in [0.25, 0.3) is 12.2 Å². The van der Waals surface area contributed by atoms with Crippen LogP contribution in [-0.4, -0.2) is 15.7 Å². The van der Waals surface area contributed by atoms with Crippen LogP contribution in [0.15, 0.2) is 24.4 Å². The Kier molecular flexibility index (Phi) is 1.45. The average molecular weight is 161 g/mol. The van der Waals surface area contributed by atoms with Gasteiger partial charge in [0.2, 0.25) is 0 Å². The Morgan fingerprint density at radius 1 is 1.33 bits per heavy atom. The van der Waals surface area contributed by atoms with Crippen molar-refractivity contribution in [1.82, 2.24) is 4.98 Å². The fraction of sp³-hybridized carbons (Fsp3) is 0.200. The molecule has 0 bridgehead atoms. The van der Waals surface area contributed by atoms with Crippen molar-refractivity contribution in [2.75, 3.05) is 0 Å². The molecule has 1 aromatic heterocycles. The van der Waals surface area contributed by atoms with Gasteiger partial charge in [0.05, 0.1) is 5.60 Å². The summed E-state index contributed by atoms with van der Waals surface area (Å²) in [5.41, 5.74) is 1.34. The van der Waals surface area contributed by atoms with Gasteiger partial charge in [0.25, 0.3) is 0 Å². The third-order valence-electron chi connectivity index (χ3n) is 2.00. The van der Waals surface area contributed by atoms with Gasteiger partial charge in [-0.05, 0) is 36.8 Å². The summed E-state index contributed by atoms with van der Waals surface area (Å²) in [6.07, 6.45) is 9.26. The zero-order valence-electron chi connectivity index (χ0n) is 6.91. The lowest BCUT2D eigenvalue weighted by molar-refractivity contribution is 0.166. The molecule has 1 aromatic rings. The second kappa shape index (κ2) is 2.35. The lowest BCUT2D eigenvalue weighted by Crippen LogP contribution is -2.15. The summed E-state index contributed by atoms with van der Waals surface area (Å²) in [4.78, 5) is 3.09. The summed E-state index contributed by atoms with van der Waals surface area (Å²) in [6.45, 7) is 1.76. The maximum absolute atomic E-state index is 9.66. The minimum absolute atomic E-state index is 0.820. The van der Waals surface area contributed by atoms with Gasteiger partial charge < -0.3 is 10.1 Å². The van der Waals surface area contributed by atoms with Crippen molar-refractivity contribution in [3.63, 3.8) is 0 Å². The molecule has 0 saturated heterocycles. The summed E-state index contributed by atoms with van der Waals surface area (Å²) in [7, 11) is 0. The van der Waals surface area contributed by atoms with Crippen molar-refractivity contribution < 1.29 is 5.11 Å². The van der Waals surface area contributed by atoms with Crippen LogP contribution in [0.4, 0.5) is 0 Å². The Labute approximate surface area is 71.2 Å². The van der Waals surface area contributed by atoms with Gasteiger partial charge in [-0.1, -0.05) is 6.08 Å². The predicted octanol–water partition coefficient (Wildman–Crippen LogP) is 1.81. The fourth-order valence-electron chi connectivity index (χ4n) is 1.25. The quantitative estimate of drug-likeness (QED) is 0.598. The van der Waals surface area contributed by atoms with Gasteiger partial charge in [-0.2, -0.15) is 0 Å². The molecule has 1 atom stereocenters. The monoisotopic (exact) mass is 161 g/mol. The zero-order valence-corrected chi connectivity index (χ0v) is 6.91. The molecule has 1 aliphatic carbocycles. The van der Waals surface area contributed by atoms with Gasteiger partial charge in [-0.15, -0.1) is 0 Å². The van der Waals surface area contributed by atoms with E-state index in [0.29, 0.717) is 0 Å². The van der Waals surface area contributed by atoms with Crippen molar-refractivity contribution in [2.45, 2.75) is 12.5 Å². The van der Waals surface area contributed by atoms with E-state index in [4.69, 9.17) is 0 Å². The second-order valence-electron chi connectivity index (χ2n) is 3.24. The standard InChI is InChI=1S/C10H11NO/c1-10(12)5-2-8-4-7-11-9(8)3-6-10/h2-7,11-12H,1H3. The van der Waals surface area contributed by atoms with Gasteiger partial charge >= 0.3 is 0 Å². The minimum Gasteiger partial charge on any atom is -0.382 e. The van der Waals surface area contributed by atoms with Crippen LogP contribution in [-0.2, 0) is 0 Å². The van der Waals surface area contributed by atoms with Crippen LogP contribution in [0.5, 0.6) is 0 Å². The molecule has 0 aliphatic heterocycles. The van der Waals surface area contributed by atoms with Gasteiger partial charge in [0.1, 0.15) is 0 Å². The first-order valence-corrected chi connectivity index (χ1v) is 3.96. The topological polar surface area (TPSA) is 36.0 Å². The molecule has 0 fully saturated rings. The van der Waals surface area contributed by atoms with Crippen LogP contribution in [0.2, 0.25) is 0 Å². The summed E-state index contributed by atoms with van der Waals surface area (Å²) >= 11 is 0. The van der Waals surface area contributed by atoms with Crippen LogP contribution < -0.4 is 0 Å². The van der Waals surface area contributed by atoms with Crippen molar-refractivity contribution in [2.24, 2.45) is 0 Å². The summed E-state index contributed by atoms with van der Waals surface area (Å²) < 4.78 is 0. The highest BCUT2D eigenvalue weighted by Gasteiger charge is 2.14. The maximum Gasteiger partial charge on any atom is 0.0987 e.